The quantitative estimate of drug-likeness (QED) is 0.236. The highest BCUT2D eigenvalue weighted by atomic mass is 79.9. The second kappa shape index (κ2) is 7.33. The Bertz CT molecular complexity index is 1570. The minimum atomic E-state index is 1.01. The van der Waals surface area contributed by atoms with Crippen LogP contribution in [0.4, 0.5) is 0 Å². The van der Waals surface area contributed by atoms with E-state index in [0.29, 0.717) is 0 Å². The van der Waals surface area contributed by atoms with Crippen molar-refractivity contribution in [2.24, 2.45) is 0 Å². The first-order valence-electron chi connectivity index (χ1n) is 10.3. The summed E-state index contributed by atoms with van der Waals surface area (Å²) >= 11 is 3.66. The minimum Gasteiger partial charge on any atom is -0.248 e. The van der Waals surface area contributed by atoms with Crippen molar-refractivity contribution in [1.82, 2.24) is 4.98 Å². The Labute approximate surface area is 189 Å². The normalized spacial score (nSPS) is 11.4. The van der Waals surface area contributed by atoms with Crippen molar-refractivity contribution in [3.63, 3.8) is 0 Å². The van der Waals surface area contributed by atoms with E-state index in [2.05, 4.69) is 125 Å². The van der Waals surface area contributed by atoms with Crippen LogP contribution >= 0.6 is 15.9 Å². The van der Waals surface area contributed by atoms with E-state index in [1.165, 1.54) is 38.4 Å². The Kier molecular flexibility index (Phi) is 4.33. The van der Waals surface area contributed by atoms with Crippen molar-refractivity contribution < 1.29 is 0 Å². The number of pyridine rings is 1. The van der Waals surface area contributed by atoms with Crippen molar-refractivity contribution in [2.45, 2.75) is 0 Å². The maximum absolute atomic E-state index is 5.00. The SMILES string of the molecule is Brc1ccc2nc3cc4ccccc4cc3c(-c3ccc(-c4ccccc4)cc3)c2c1. The van der Waals surface area contributed by atoms with Gasteiger partial charge in [-0.05, 0) is 57.8 Å². The second-order valence-corrected chi connectivity index (χ2v) is 8.72. The molecule has 0 bridgehead atoms. The van der Waals surface area contributed by atoms with Gasteiger partial charge in [0.05, 0.1) is 11.0 Å². The van der Waals surface area contributed by atoms with Crippen LogP contribution in [0.25, 0.3) is 54.8 Å². The van der Waals surface area contributed by atoms with Gasteiger partial charge in [-0.25, -0.2) is 4.98 Å². The summed E-state index contributed by atoms with van der Waals surface area (Å²) in [5.41, 5.74) is 6.91. The number of rotatable bonds is 2. The van der Waals surface area contributed by atoms with E-state index in [1.807, 2.05) is 0 Å². The van der Waals surface area contributed by atoms with Gasteiger partial charge in [0, 0.05) is 20.8 Å². The first-order chi connectivity index (χ1) is 15.3. The van der Waals surface area contributed by atoms with Crippen molar-refractivity contribution in [3.05, 3.63) is 114 Å². The van der Waals surface area contributed by atoms with Gasteiger partial charge >= 0.3 is 0 Å². The maximum atomic E-state index is 5.00. The highest BCUT2D eigenvalue weighted by Crippen LogP contribution is 2.38. The fourth-order valence-corrected chi connectivity index (χ4v) is 4.73. The van der Waals surface area contributed by atoms with E-state index in [0.717, 1.165) is 20.9 Å². The largest absolute Gasteiger partial charge is 0.248 e. The van der Waals surface area contributed by atoms with Crippen LogP contribution in [0.1, 0.15) is 0 Å². The van der Waals surface area contributed by atoms with Crippen LogP contribution in [0.5, 0.6) is 0 Å². The van der Waals surface area contributed by atoms with Crippen molar-refractivity contribution in [2.75, 3.05) is 0 Å². The Balaban J connectivity index is 1.66. The molecule has 5 aromatic carbocycles. The first-order valence-corrected chi connectivity index (χ1v) is 11.1. The van der Waals surface area contributed by atoms with E-state index in [1.54, 1.807) is 0 Å². The van der Waals surface area contributed by atoms with E-state index in [4.69, 9.17) is 4.98 Å². The highest BCUT2D eigenvalue weighted by Gasteiger charge is 2.13. The minimum absolute atomic E-state index is 1.01. The summed E-state index contributed by atoms with van der Waals surface area (Å²) in [7, 11) is 0. The fraction of sp³-hybridized carbons (Fsp3) is 0. The molecule has 6 aromatic rings. The third-order valence-corrected chi connectivity index (χ3v) is 6.38. The Hall–Kier alpha value is -3.49. The Morgan fingerprint density at radius 3 is 1.87 bits per heavy atom. The zero-order chi connectivity index (χ0) is 20.8. The van der Waals surface area contributed by atoms with Crippen molar-refractivity contribution in [3.8, 4) is 22.3 Å². The molecule has 0 saturated heterocycles. The van der Waals surface area contributed by atoms with Gasteiger partial charge in [0.15, 0.2) is 0 Å². The van der Waals surface area contributed by atoms with Crippen LogP contribution < -0.4 is 0 Å². The lowest BCUT2D eigenvalue weighted by molar-refractivity contribution is 1.50. The van der Waals surface area contributed by atoms with E-state index in [-0.39, 0.29) is 0 Å². The molecule has 1 nitrogen and oxygen atoms in total. The molecular formula is C29H18BrN. The monoisotopic (exact) mass is 459 g/mol. The molecule has 0 atom stereocenters. The van der Waals surface area contributed by atoms with Crippen molar-refractivity contribution in [1.29, 1.82) is 0 Å². The average molecular weight is 460 g/mol. The number of benzene rings is 5. The summed E-state index contributed by atoms with van der Waals surface area (Å²) in [6.45, 7) is 0. The van der Waals surface area contributed by atoms with E-state index >= 15 is 0 Å². The molecule has 0 aliphatic heterocycles. The molecule has 1 heterocycles. The van der Waals surface area contributed by atoms with Gasteiger partial charge in [-0.2, -0.15) is 0 Å². The lowest BCUT2D eigenvalue weighted by Crippen LogP contribution is -1.90. The molecule has 0 radical (unpaired) electrons. The third-order valence-electron chi connectivity index (χ3n) is 5.88. The number of hydrogen-bond donors (Lipinski definition) is 0. The standard InChI is InChI=1S/C29H18BrN/c30-24-14-15-27-26(18-24)29(21-12-10-20(11-13-21)19-6-2-1-3-7-19)25-16-22-8-4-5-9-23(22)17-28(25)31-27/h1-18H. The molecule has 0 amide bonds. The molecular weight excluding hydrogens is 442 g/mol. The van der Waals surface area contributed by atoms with E-state index < -0.39 is 0 Å². The van der Waals surface area contributed by atoms with Crippen LogP contribution in [0, 0.1) is 0 Å². The van der Waals surface area contributed by atoms with Gasteiger partial charge in [0.1, 0.15) is 0 Å². The third kappa shape index (κ3) is 3.20. The lowest BCUT2D eigenvalue weighted by atomic mass is 9.93. The summed E-state index contributed by atoms with van der Waals surface area (Å²) in [6, 6.07) is 38.7. The Morgan fingerprint density at radius 1 is 0.484 bits per heavy atom. The number of aromatic nitrogens is 1. The molecule has 0 unspecified atom stereocenters. The molecule has 0 saturated carbocycles. The summed E-state index contributed by atoms with van der Waals surface area (Å²) in [5, 5.41) is 4.78. The van der Waals surface area contributed by atoms with E-state index in [9.17, 15) is 0 Å². The molecule has 146 valence electrons. The second-order valence-electron chi connectivity index (χ2n) is 7.81. The molecule has 0 fully saturated rings. The molecule has 0 N–H and O–H groups in total. The summed E-state index contributed by atoms with van der Waals surface area (Å²) in [6.07, 6.45) is 0. The predicted molar refractivity (Wildman–Crippen MR) is 135 cm³/mol. The van der Waals surface area contributed by atoms with Gasteiger partial charge in [0.2, 0.25) is 0 Å². The first kappa shape index (κ1) is 18.3. The van der Waals surface area contributed by atoms with Gasteiger partial charge < -0.3 is 0 Å². The van der Waals surface area contributed by atoms with Crippen LogP contribution in [0.15, 0.2) is 114 Å². The van der Waals surface area contributed by atoms with Crippen LogP contribution in [-0.2, 0) is 0 Å². The molecule has 1 aromatic heterocycles. The molecule has 0 spiro atoms. The molecule has 2 heteroatoms. The zero-order valence-electron chi connectivity index (χ0n) is 16.7. The van der Waals surface area contributed by atoms with Crippen LogP contribution in [-0.4, -0.2) is 4.98 Å². The maximum Gasteiger partial charge on any atom is 0.0722 e. The van der Waals surface area contributed by atoms with Gasteiger partial charge in [-0.1, -0.05) is 94.8 Å². The molecule has 0 aliphatic carbocycles. The molecule has 6 rings (SSSR count). The van der Waals surface area contributed by atoms with Gasteiger partial charge in [0.25, 0.3) is 0 Å². The van der Waals surface area contributed by atoms with Gasteiger partial charge in [-0.3, -0.25) is 0 Å². The fourth-order valence-electron chi connectivity index (χ4n) is 4.37. The van der Waals surface area contributed by atoms with Crippen LogP contribution in [0.2, 0.25) is 0 Å². The number of halogens is 1. The molecule has 0 aliphatic rings. The summed E-state index contributed by atoms with van der Waals surface area (Å²) < 4.78 is 1.06. The highest BCUT2D eigenvalue weighted by molar-refractivity contribution is 9.10. The number of fused-ring (bicyclic) bond motifs is 3. The van der Waals surface area contributed by atoms with Crippen LogP contribution in [0.3, 0.4) is 0 Å². The summed E-state index contributed by atoms with van der Waals surface area (Å²) in [4.78, 5) is 5.00. The smallest absolute Gasteiger partial charge is 0.0722 e. The molecule has 31 heavy (non-hydrogen) atoms. The average Bonchev–Trinajstić information content (AvgIpc) is 2.82. The topological polar surface area (TPSA) is 12.9 Å². The lowest BCUT2D eigenvalue weighted by Gasteiger charge is -2.13. The summed E-state index contributed by atoms with van der Waals surface area (Å²) in [5.74, 6) is 0. The zero-order valence-corrected chi connectivity index (χ0v) is 18.3. The van der Waals surface area contributed by atoms with Crippen molar-refractivity contribution >= 4 is 48.5 Å². The number of hydrogen-bond acceptors (Lipinski definition) is 1. The predicted octanol–water partition coefficient (Wildman–Crippen LogP) is 8.64. The van der Waals surface area contributed by atoms with Gasteiger partial charge in [-0.15, -0.1) is 0 Å². The number of nitrogens with zero attached hydrogens (tertiary/aromatic N) is 1. The Morgan fingerprint density at radius 2 is 1.10 bits per heavy atom.